The van der Waals surface area contributed by atoms with Gasteiger partial charge in [-0.1, -0.05) is 155 Å². The first-order valence-electron chi connectivity index (χ1n) is 15.5. The van der Waals surface area contributed by atoms with Gasteiger partial charge in [-0.25, -0.2) is 0 Å². The van der Waals surface area contributed by atoms with E-state index in [0.29, 0.717) is 0 Å². The summed E-state index contributed by atoms with van der Waals surface area (Å²) >= 11 is 0. The number of hydrogen-bond acceptors (Lipinski definition) is 2. The van der Waals surface area contributed by atoms with E-state index in [2.05, 4.69) is 191 Å². The second kappa shape index (κ2) is 23.0. The van der Waals surface area contributed by atoms with E-state index in [1.165, 1.54) is 33.4 Å². The van der Waals surface area contributed by atoms with Crippen molar-refractivity contribution in [3.8, 4) is 0 Å². The van der Waals surface area contributed by atoms with Crippen LogP contribution in [0.5, 0.6) is 0 Å². The van der Waals surface area contributed by atoms with E-state index >= 15 is 0 Å². The molecule has 0 aliphatic carbocycles. The minimum atomic E-state index is -0.123. The predicted octanol–water partition coefficient (Wildman–Crippen LogP) is 12.2. The highest BCUT2D eigenvalue weighted by atomic mass is 16.5. The highest BCUT2D eigenvalue weighted by molar-refractivity contribution is 5.33. The molecule has 0 aliphatic heterocycles. The van der Waals surface area contributed by atoms with Gasteiger partial charge in [0.05, 0.1) is 11.2 Å². The molecule has 0 aromatic heterocycles. The molecule has 0 spiro atoms. The molecule has 0 radical (unpaired) electrons. The smallest absolute Gasteiger partial charge is 0.0657 e. The molecule has 0 bridgehead atoms. The van der Waals surface area contributed by atoms with Gasteiger partial charge in [-0.3, -0.25) is 0 Å². The molecule has 0 aliphatic rings. The summed E-state index contributed by atoms with van der Waals surface area (Å²) in [4.78, 5) is 0. The molecule has 0 fully saturated rings. The van der Waals surface area contributed by atoms with E-state index in [-0.39, 0.29) is 11.2 Å². The van der Waals surface area contributed by atoms with Crippen LogP contribution in [0.15, 0.2) is 155 Å². The molecule has 0 saturated carbocycles. The highest BCUT2D eigenvalue weighted by Crippen LogP contribution is 2.15. The summed E-state index contributed by atoms with van der Waals surface area (Å²) in [5, 5.41) is 0. The Hall–Kier alpha value is -3.46. The number of hydrogen-bond donors (Lipinski definition) is 0. The maximum Gasteiger partial charge on any atom is 0.0657 e. The third-order valence-corrected chi connectivity index (χ3v) is 6.79. The van der Waals surface area contributed by atoms with Crippen LogP contribution in [0.1, 0.15) is 82.1 Å². The summed E-state index contributed by atoms with van der Waals surface area (Å²) < 4.78 is 10.9. The standard InChI is InChI=1S/C42H60O2/c1-35(23-15-25-37(3)27-17-29-39(5)31-19-33-41(7,8)43-11)21-13-14-22-36(2)24-16-26-38(4)28-18-30-40(6)32-20-34-42(9,10)44-12/h13-32H,33-34H2,1-12H3/b14-13+,23-15+,24-16+,27-17+,28-18+,31-19+,32-20+,35-21+,36-22+,37-25+,38-26+,39-29+,40-30+. The van der Waals surface area contributed by atoms with Crippen molar-refractivity contribution in [3.63, 3.8) is 0 Å². The summed E-state index contributed by atoms with van der Waals surface area (Å²) in [7, 11) is 3.50. The number of methoxy groups -OCH3 is 2. The molecule has 0 aromatic carbocycles. The zero-order valence-electron chi connectivity index (χ0n) is 29.8. The second-order valence-electron chi connectivity index (χ2n) is 12.4. The van der Waals surface area contributed by atoms with Crippen LogP contribution in [-0.4, -0.2) is 25.4 Å². The van der Waals surface area contributed by atoms with Gasteiger partial charge in [0.25, 0.3) is 0 Å². The van der Waals surface area contributed by atoms with Crippen LogP contribution < -0.4 is 0 Å². The summed E-state index contributed by atoms with van der Waals surface area (Å²) in [5.41, 5.74) is 6.97. The van der Waals surface area contributed by atoms with E-state index in [0.717, 1.165) is 12.8 Å². The monoisotopic (exact) mass is 596 g/mol. The fourth-order valence-corrected chi connectivity index (χ4v) is 3.38. The Labute approximate surface area is 271 Å². The molecule has 0 amide bonds. The van der Waals surface area contributed by atoms with Crippen molar-refractivity contribution in [2.75, 3.05) is 14.2 Å². The number of ether oxygens (including phenoxy) is 2. The Morgan fingerprint density at radius 2 is 0.614 bits per heavy atom. The van der Waals surface area contributed by atoms with Crippen molar-refractivity contribution in [2.24, 2.45) is 0 Å². The number of allylic oxidation sites excluding steroid dienone is 24. The van der Waals surface area contributed by atoms with Crippen LogP contribution in [-0.2, 0) is 9.47 Å². The quantitative estimate of drug-likeness (QED) is 0.147. The topological polar surface area (TPSA) is 18.5 Å². The lowest BCUT2D eigenvalue weighted by molar-refractivity contribution is 0.0252. The first-order chi connectivity index (χ1) is 20.7. The molecular formula is C42H60O2. The van der Waals surface area contributed by atoms with Gasteiger partial charge >= 0.3 is 0 Å². The van der Waals surface area contributed by atoms with Crippen molar-refractivity contribution < 1.29 is 9.47 Å². The Kier molecular flexibility index (Phi) is 21.2. The van der Waals surface area contributed by atoms with Crippen LogP contribution in [0, 0.1) is 0 Å². The SMILES string of the molecule is COC(C)(C)C/C=C/C(C)=C/C=C/C(C)=C/C=C/C(C)=C/C=C/C=C(C)/C=C/C=C(C)/C=C/C=C(C)/C=C/CC(C)(C)OC. The van der Waals surface area contributed by atoms with Crippen LogP contribution in [0.3, 0.4) is 0 Å². The Morgan fingerprint density at radius 3 is 0.864 bits per heavy atom. The first kappa shape index (κ1) is 40.5. The van der Waals surface area contributed by atoms with Crippen molar-refractivity contribution in [1.82, 2.24) is 0 Å². The Bertz CT molecular complexity index is 1150. The molecule has 240 valence electrons. The Balaban J connectivity index is 4.80. The van der Waals surface area contributed by atoms with Gasteiger partial charge in [0, 0.05) is 14.2 Å². The van der Waals surface area contributed by atoms with Crippen molar-refractivity contribution in [1.29, 1.82) is 0 Å². The van der Waals surface area contributed by atoms with E-state index in [1.807, 2.05) is 0 Å². The van der Waals surface area contributed by atoms with Crippen molar-refractivity contribution >= 4 is 0 Å². The molecule has 0 saturated heterocycles. The molecule has 44 heavy (non-hydrogen) atoms. The van der Waals surface area contributed by atoms with Gasteiger partial charge in [0.2, 0.25) is 0 Å². The average Bonchev–Trinajstić information content (AvgIpc) is 2.95. The molecule has 0 rings (SSSR count). The second-order valence-corrected chi connectivity index (χ2v) is 12.4. The van der Waals surface area contributed by atoms with Crippen LogP contribution in [0.2, 0.25) is 0 Å². The minimum absolute atomic E-state index is 0.123. The lowest BCUT2D eigenvalue weighted by atomic mass is 10.0. The maximum atomic E-state index is 5.45. The van der Waals surface area contributed by atoms with Gasteiger partial charge in [-0.15, -0.1) is 0 Å². The fraction of sp³-hybridized carbons (Fsp3) is 0.381. The summed E-state index contributed by atoms with van der Waals surface area (Å²) in [6.07, 6.45) is 44.1. The van der Waals surface area contributed by atoms with E-state index < -0.39 is 0 Å². The van der Waals surface area contributed by atoms with Gasteiger partial charge in [0.15, 0.2) is 0 Å². The lowest BCUT2D eigenvalue weighted by Gasteiger charge is -2.20. The zero-order valence-corrected chi connectivity index (χ0v) is 29.8. The van der Waals surface area contributed by atoms with Crippen LogP contribution in [0.25, 0.3) is 0 Å². The molecule has 2 nitrogen and oxygen atoms in total. The summed E-state index contributed by atoms with van der Waals surface area (Å²) in [5.74, 6) is 0. The molecule has 0 heterocycles. The maximum absolute atomic E-state index is 5.45. The number of rotatable bonds is 18. The van der Waals surface area contributed by atoms with Crippen molar-refractivity contribution in [3.05, 3.63) is 155 Å². The molecule has 0 atom stereocenters. The third-order valence-electron chi connectivity index (χ3n) is 6.79. The fourth-order valence-electron chi connectivity index (χ4n) is 3.38. The highest BCUT2D eigenvalue weighted by Gasteiger charge is 2.13. The molecule has 0 aromatic rings. The van der Waals surface area contributed by atoms with Gasteiger partial charge in [-0.05, 0) is 82.1 Å². The summed E-state index contributed by atoms with van der Waals surface area (Å²) in [6, 6.07) is 0. The van der Waals surface area contributed by atoms with Gasteiger partial charge in [0.1, 0.15) is 0 Å². The zero-order chi connectivity index (χ0) is 33.4. The largest absolute Gasteiger partial charge is 0.378 e. The molecule has 2 heteroatoms. The van der Waals surface area contributed by atoms with E-state index in [1.54, 1.807) is 14.2 Å². The van der Waals surface area contributed by atoms with E-state index in [9.17, 15) is 0 Å². The first-order valence-corrected chi connectivity index (χ1v) is 15.5. The average molecular weight is 597 g/mol. The van der Waals surface area contributed by atoms with Crippen LogP contribution >= 0.6 is 0 Å². The molecule has 0 unspecified atom stereocenters. The van der Waals surface area contributed by atoms with Gasteiger partial charge < -0.3 is 9.47 Å². The third kappa shape index (κ3) is 24.0. The van der Waals surface area contributed by atoms with E-state index in [4.69, 9.17) is 9.47 Å². The van der Waals surface area contributed by atoms with Crippen molar-refractivity contribution in [2.45, 2.75) is 93.3 Å². The lowest BCUT2D eigenvalue weighted by Crippen LogP contribution is -2.20. The normalized spacial score (nSPS) is 16.3. The predicted molar refractivity (Wildman–Crippen MR) is 198 cm³/mol. The summed E-state index contributed by atoms with van der Waals surface area (Å²) in [6.45, 7) is 21.0. The van der Waals surface area contributed by atoms with Gasteiger partial charge in [-0.2, -0.15) is 0 Å². The minimum Gasteiger partial charge on any atom is -0.378 e. The molecule has 0 N–H and O–H groups in total. The Morgan fingerprint density at radius 1 is 0.386 bits per heavy atom. The molecular weight excluding hydrogens is 536 g/mol. The van der Waals surface area contributed by atoms with Crippen LogP contribution in [0.4, 0.5) is 0 Å².